The zero-order valence-electron chi connectivity index (χ0n) is 13.1. The highest BCUT2D eigenvalue weighted by Gasteiger charge is 2.25. The van der Waals surface area contributed by atoms with Gasteiger partial charge in [0.25, 0.3) is 0 Å². The molecule has 0 aromatic heterocycles. The van der Waals surface area contributed by atoms with E-state index in [4.69, 9.17) is 16.3 Å². The van der Waals surface area contributed by atoms with E-state index >= 15 is 0 Å². The number of ether oxygens (including phenoxy) is 1. The highest BCUT2D eigenvalue weighted by atomic mass is 79.9. The predicted molar refractivity (Wildman–Crippen MR) is 93.4 cm³/mol. The lowest BCUT2D eigenvalue weighted by atomic mass is 10.0. The Hall–Kier alpha value is -1.07. The van der Waals surface area contributed by atoms with Gasteiger partial charge in [0.1, 0.15) is 6.04 Å². The Labute approximate surface area is 150 Å². The van der Waals surface area contributed by atoms with Gasteiger partial charge < -0.3 is 10.1 Å². The number of hydrogen-bond donors (Lipinski definition) is 1. The van der Waals surface area contributed by atoms with Crippen LogP contribution in [0.3, 0.4) is 0 Å². The lowest BCUT2D eigenvalue weighted by Gasteiger charge is -2.18. The maximum absolute atomic E-state index is 12.2. The highest BCUT2D eigenvalue weighted by molar-refractivity contribution is 9.10. The predicted octanol–water partition coefficient (Wildman–Crippen LogP) is 3.88. The van der Waals surface area contributed by atoms with Crippen LogP contribution in [0.4, 0.5) is 0 Å². The molecule has 2 rings (SSSR count). The minimum atomic E-state index is -0.705. The molecule has 0 aliphatic heterocycles. The van der Waals surface area contributed by atoms with Crippen molar-refractivity contribution in [2.45, 2.75) is 44.6 Å². The third kappa shape index (κ3) is 5.50. The molecule has 1 aromatic rings. The molecule has 0 unspecified atom stereocenters. The molecule has 1 aliphatic rings. The highest BCUT2D eigenvalue weighted by Crippen LogP contribution is 2.27. The van der Waals surface area contributed by atoms with Crippen molar-refractivity contribution < 1.29 is 14.3 Å². The van der Waals surface area contributed by atoms with Crippen LogP contribution in [0.25, 0.3) is 0 Å². The quantitative estimate of drug-likeness (QED) is 0.735. The van der Waals surface area contributed by atoms with Crippen LogP contribution in [0.15, 0.2) is 22.7 Å². The van der Waals surface area contributed by atoms with E-state index < -0.39 is 12.0 Å². The molecule has 1 atom stereocenters. The van der Waals surface area contributed by atoms with Gasteiger partial charge in [0.2, 0.25) is 5.91 Å². The van der Waals surface area contributed by atoms with Crippen LogP contribution < -0.4 is 5.32 Å². The van der Waals surface area contributed by atoms with Crippen molar-refractivity contribution in [3.8, 4) is 0 Å². The number of nitrogens with one attached hydrogen (secondary N) is 1. The summed E-state index contributed by atoms with van der Waals surface area (Å²) in [5.41, 5.74) is 0.856. The number of halogens is 2. The Kier molecular flexibility index (Phi) is 6.90. The van der Waals surface area contributed by atoms with E-state index in [0.717, 1.165) is 22.9 Å². The van der Waals surface area contributed by atoms with E-state index in [1.165, 1.54) is 20.0 Å². The molecule has 1 amide bonds. The number of benzene rings is 1. The average Bonchev–Trinajstić information content (AvgIpc) is 3.02. The van der Waals surface area contributed by atoms with E-state index in [-0.39, 0.29) is 5.91 Å². The van der Waals surface area contributed by atoms with Crippen LogP contribution in [0.2, 0.25) is 5.02 Å². The fourth-order valence-corrected chi connectivity index (χ4v) is 3.59. The van der Waals surface area contributed by atoms with Crippen molar-refractivity contribution in [1.29, 1.82) is 0 Å². The van der Waals surface area contributed by atoms with Gasteiger partial charge in [0.15, 0.2) is 0 Å². The average molecular weight is 403 g/mol. The second-order valence-electron chi connectivity index (χ2n) is 5.94. The molecule has 1 saturated carbocycles. The van der Waals surface area contributed by atoms with E-state index in [1.54, 1.807) is 12.1 Å². The van der Waals surface area contributed by atoms with Gasteiger partial charge in [-0.15, -0.1) is 0 Å². The van der Waals surface area contributed by atoms with Gasteiger partial charge in [-0.05, 0) is 42.5 Å². The van der Waals surface area contributed by atoms with Gasteiger partial charge in [-0.3, -0.25) is 4.79 Å². The van der Waals surface area contributed by atoms with Crippen LogP contribution in [0, 0.1) is 5.92 Å². The number of carbonyl (C=O) groups is 2. The first kappa shape index (κ1) is 18.3. The second-order valence-corrected chi connectivity index (χ2v) is 7.23. The topological polar surface area (TPSA) is 55.4 Å². The fourth-order valence-electron chi connectivity index (χ4n) is 2.99. The summed E-state index contributed by atoms with van der Waals surface area (Å²) in [4.78, 5) is 24.2. The first-order valence-electron chi connectivity index (χ1n) is 7.80. The SMILES string of the molecule is COC(=O)[C@@H](Cc1cc(Cl)ccc1Br)NC(=O)CC1CCCC1. The molecular formula is C17H21BrClNO3. The lowest BCUT2D eigenvalue weighted by Crippen LogP contribution is -2.43. The summed E-state index contributed by atoms with van der Waals surface area (Å²) in [6, 6.07) is 4.67. The zero-order valence-corrected chi connectivity index (χ0v) is 15.5. The maximum Gasteiger partial charge on any atom is 0.328 e. The summed E-state index contributed by atoms with van der Waals surface area (Å²) in [6.07, 6.45) is 5.38. The minimum absolute atomic E-state index is 0.0922. The van der Waals surface area contributed by atoms with E-state index in [1.807, 2.05) is 6.07 Å². The Balaban J connectivity index is 2.02. The third-order valence-electron chi connectivity index (χ3n) is 4.20. The molecule has 0 saturated heterocycles. The molecule has 23 heavy (non-hydrogen) atoms. The Bertz CT molecular complexity index is 573. The zero-order chi connectivity index (χ0) is 16.8. The normalized spacial score (nSPS) is 16.1. The molecule has 4 nitrogen and oxygen atoms in total. The standard InChI is InChI=1S/C17H21BrClNO3/c1-23-17(22)15(10-12-9-13(19)6-7-14(12)18)20-16(21)8-11-4-2-3-5-11/h6-7,9,11,15H,2-5,8,10H2,1H3,(H,20,21)/t15-/m1/s1. The Morgan fingerprint density at radius 3 is 2.74 bits per heavy atom. The number of esters is 1. The van der Waals surface area contributed by atoms with Crippen LogP contribution in [-0.2, 0) is 20.7 Å². The Morgan fingerprint density at radius 2 is 2.09 bits per heavy atom. The third-order valence-corrected chi connectivity index (χ3v) is 5.21. The van der Waals surface area contributed by atoms with E-state index in [9.17, 15) is 9.59 Å². The Morgan fingerprint density at radius 1 is 1.39 bits per heavy atom. The molecule has 0 radical (unpaired) electrons. The molecule has 1 fully saturated rings. The van der Waals surface area contributed by atoms with Gasteiger partial charge in [-0.25, -0.2) is 4.79 Å². The number of rotatable bonds is 6. The summed E-state index contributed by atoms with van der Waals surface area (Å²) < 4.78 is 5.67. The van der Waals surface area contributed by atoms with Crippen molar-refractivity contribution in [2.75, 3.05) is 7.11 Å². The van der Waals surface area contributed by atoms with E-state index in [0.29, 0.717) is 23.8 Å². The summed E-state index contributed by atoms with van der Waals surface area (Å²) in [5, 5.41) is 3.40. The second kappa shape index (κ2) is 8.69. The smallest absolute Gasteiger partial charge is 0.328 e. The number of methoxy groups -OCH3 is 1. The lowest BCUT2D eigenvalue weighted by molar-refractivity contribution is -0.145. The number of hydrogen-bond acceptors (Lipinski definition) is 3. The number of carbonyl (C=O) groups excluding carboxylic acids is 2. The van der Waals surface area contributed by atoms with Crippen LogP contribution >= 0.6 is 27.5 Å². The van der Waals surface area contributed by atoms with Crippen molar-refractivity contribution in [3.63, 3.8) is 0 Å². The van der Waals surface area contributed by atoms with Gasteiger partial charge in [-0.2, -0.15) is 0 Å². The van der Waals surface area contributed by atoms with Crippen LogP contribution in [-0.4, -0.2) is 25.0 Å². The van der Waals surface area contributed by atoms with Crippen LogP contribution in [0.1, 0.15) is 37.7 Å². The van der Waals surface area contributed by atoms with Crippen LogP contribution in [0.5, 0.6) is 0 Å². The molecule has 6 heteroatoms. The first-order chi connectivity index (χ1) is 11.0. The fraction of sp³-hybridized carbons (Fsp3) is 0.529. The maximum atomic E-state index is 12.2. The van der Waals surface area contributed by atoms with Gasteiger partial charge in [-0.1, -0.05) is 40.4 Å². The summed E-state index contributed by atoms with van der Waals surface area (Å²) >= 11 is 9.45. The molecule has 0 heterocycles. The molecule has 0 bridgehead atoms. The molecule has 1 aliphatic carbocycles. The van der Waals surface area contributed by atoms with Gasteiger partial charge in [0, 0.05) is 22.3 Å². The van der Waals surface area contributed by atoms with Crippen molar-refractivity contribution in [1.82, 2.24) is 5.32 Å². The number of amides is 1. The molecule has 126 valence electrons. The van der Waals surface area contributed by atoms with Gasteiger partial charge in [0.05, 0.1) is 7.11 Å². The van der Waals surface area contributed by atoms with E-state index in [2.05, 4.69) is 21.2 Å². The monoisotopic (exact) mass is 401 g/mol. The van der Waals surface area contributed by atoms with Crippen molar-refractivity contribution in [2.24, 2.45) is 5.92 Å². The van der Waals surface area contributed by atoms with Crippen molar-refractivity contribution >= 4 is 39.4 Å². The molecule has 0 spiro atoms. The molecule has 1 aromatic carbocycles. The summed E-state index contributed by atoms with van der Waals surface area (Å²) in [5.74, 6) is -0.103. The van der Waals surface area contributed by atoms with Gasteiger partial charge >= 0.3 is 5.97 Å². The largest absolute Gasteiger partial charge is 0.467 e. The minimum Gasteiger partial charge on any atom is -0.467 e. The molecular weight excluding hydrogens is 382 g/mol. The van der Waals surface area contributed by atoms with Crippen molar-refractivity contribution in [3.05, 3.63) is 33.3 Å². The summed E-state index contributed by atoms with van der Waals surface area (Å²) in [6.45, 7) is 0. The molecule has 1 N–H and O–H groups in total. The first-order valence-corrected chi connectivity index (χ1v) is 8.98. The summed E-state index contributed by atoms with van der Waals surface area (Å²) in [7, 11) is 1.32.